The van der Waals surface area contributed by atoms with Crippen molar-refractivity contribution in [3.63, 3.8) is 0 Å². The molecule has 4 rings (SSSR count). The number of hydrogen-bond acceptors (Lipinski definition) is 6. The predicted molar refractivity (Wildman–Crippen MR) is 109 cm³/mol. The number of halogens is 4. The first-order valence-corrected chi connectivity index (χ1v) is 10.8. The molecule has 1 saturated heterocycles. The van der Waals surface area contributed by atoms with Crippen LogP contribution < -0.4 is 9.80 Å². The Morgan fingerprint density at radius 1 is 1.13 bits per heavy atom. The summed E-state index contributed by atoms with van der Waals surface area (Å²) in [4.78, 5) is 11.7. The predicted octanol–water partition coefficient (Wildman–Crippen LogP) is 4.04. The highest BCUT2D eigenvalue weighted by molar-refractivity contribution is 7.92. The summed E-state index contributed by atoms with van der Waals surface area (Å²) in [6.07, 6.45) is 5.72. The summed E-state index contributed by atoms with van der Waals surface area (Å²) >= 11 is 6.25. The zero-order valence-electron chi connectivity index (χ0n) is 15.4. The van der Waals surface area contributed by atoms with Crippen LogP contribution in [0.5, 0.6) is 0 Å². The average molecular weight is 457 g/mol. The van der Waals surface area contributed by atoms with Gasteiger partial charge in [0.05, 0.1) is 22.3 Å². The summed E-state index contributed by atoms with van der Waals surface area (Å²) in [5.41, 5.74) is -3.78. The third kappa shape index (κ3) is 3.65. The van der Waals surface area contributed by atoms with E-state index in [-0.39, 0.29) is 6.04 Å². The second-order valence-corrected chi connectivity index (χ2v) is 9.20. The summed E-state index contributed by atoms with van der Waals surface area (Å²) in [5.74, 6) is 0.682. The van der Waals surface area contributed by atoms with Crippen molar-refractivity contribution < 1.29 is 21.6 Å². The van der Waals surface area contributed by atoms with Gasteiger partial charge >= 0.3 is 5.51 Å². The molecule has 6 nitrogen and oxygen atoms in total. The minimum Gasteiger partial charge on any atom is -0.351 e. The first kappa shape index (κ1) is 20.7. The molecule has 0 bridgehead atoms. The van der Waals surface area contributed by atoms with Crippen LogP contribution in [0.1, 0.15) is 6.42 Å². The maximum Gasteiger partial charge on any atom is 0.501 e. The van der Waals surface area contributed by atoms with Gasteiger partial charge in [-0.25, -0.2) is 18.4 Å². The Hall–Kier alpha value is -2.59. The molecule has 0 N–H and O–H groups in total. The van der Waals surface area contributed by atoms with Crippen LogP contribution in [-0.4, -0.2) is 44.4 Å². The van der Waals surface area contributed by atoms with Gasteiger partial charge in [-0.05, 0) is 48.4 Å². The minimum absolute atomic E-state index is 0.0497. The molecule has 0 aliphatic carbocycles. The third-order valence-corrected chi connectivity index (χ3v) is 6.83. The molecule has 1 aromatic carbocycles. The van der Waals surface area contributed by atoms with E-state index in [4.69, 9.17) is 11.6 Å². The van der Waals surface area contributed by atoms with Crippen LogP contribution in [0, 0.1) is 0 Å². The van der Waals surface area contributed by atoms with Gasteiger partial charge in [0, 0.05) is 31.2 Å². The summed E-state index contributed by atoms with van der Waals surface area (Å²) in [6.45, 7) is 1.22. The average Bonchev–Trinajstić information content (AvgIpc) is 2.72. The molecule has 1 unspecified atom stereocenters. The number of benzene rings is 1. The molecule has 1 aromatic heterocycles. The number of alkyl halides is 3. The lowest BCUT2D eigenvalue weighted by atomic mass is 9.96. The van der Waals surface area contributed by atoms with Crippen LogP contribution in [0.25, 0.3) is 0 Å². The SMILES string of the molecule is O=S(=O)(c1ccc(N2C=NC=C3CN(c4ncccc4Cl)CCC32)cc1)C(F)(F)F. The van der Waals surface area contributed by atoms with Crippen molar-refractivity contribution >= 4 is 39.3 Å². The molecule has 0 spiro atoms. The van der Waals surface area contributed by atoms with E-state index >= 15 is 0 Å². The Morgan fingerprint density at radius 3 is 2.53 bits per heavy atom. The summed E-state index contributed by atoms with van der Waals surface area (Å²) in [7, 11) is -5.38. The van der Waals surface area contributed by atoms with Crippen molar-refractivity contribution in [2.75, 3.05) is 22.9 Å². The van der Waals surface area contributed by atoms with E-state index in [1.54, 1.807) is 30.9 Å². The molecule has 158 valence electrons. The number of hydrogen-bond donors (Lipinski definition) is 0. The second-order valence-electron chi connectivity index (χ2n) is 6.85. The third-order valence-electron chi connectivity index (χ3n) is 5.03. The van der Waals surface area contributed by atoms with Gasteiger partial charge < -0.3 is 9.80 Å². The van der Waals surface area contributed by atoms with Gasteiger partial charge in [0.2, 0.25) is 0 Å². The van der Waals surface area contributed by atoms with E-state index in [1.165, 1.54) is 12.1 Å². The molecule has 2 aliphatic rings. The standard InChI is InChI=1S/C19H16ClF3N4O2S/c20-16-2-1-8-25-18(16)26-9-7-17-13(11-26)10-24-12-27(17)14-3-5-15(6-4-14)30(28,29)19(21,22)23/h1-6,8,10,12,17H,7,9,11H2. The number of fused-ring (bicyclic) bond motifs is 1. The van der Waals surface area contributed by atoms with Gasteiger partial charge in [0.1, 0.15) is 5.82 Å². The Bertz CT molecular complexity index is 1120. The molecule has 0 amide bonds. The number of sulfone groups is 1. The lowest BCUT2D eigenvalue weighted by Crippen LogP contribution is -2.48. The number of rotatable bonds is 3. The van der Waals surface area contributed by atoms with E-state index in [0.717, 1.165) is 17.7 Å². The monoisotopic (exact) mass is 456 g/mol. The minimum atomic E-state index is -5.38. The van der Waals surface area contributed by atoms with Gasteiger partial charge in [0.15, 0.2) is 0 Å². The van der Waals surface area contributed by atoms with E-state index in [9.17, 15) is 21.6 Å². The molecular weight excluding hydrogens is 441 g/mol. The van der Waals surface area contributed by atoms with Crippen molar-refractivity contribution in [3.05, 3.63) is 59.4 Å². The van der Waals surface area contributed by atoms with Crippen LogP contribution in [0.4, 0.5) is 24.7 Å². The first-order chi connectivity index (χ1) is 14.2. The number of pyridine rings is 1. The molecule has 1 fully saturated rings. The van der Waals surface area contributed by atoms with Gasteiger partial charge in [-0.15, -0.1) is 0 Å². The highest BCUT2D eigenvalue weighted by atomic mass is 35.5. The zero-order valence-corrected chi connectivity index (χ0v) is 17.0. The number of aliphatic imine (C=N–C) groups is 1. The zero-order chi connectivity index (χ0) is 21.5. The largest absolute Gasteiger partial charge is 0.501 e. The van der Waals surface area contributed by atoms with Crippen molar-refractivity contribution in [2.45, 2.75) is 22.9 Å². The van der Waals surface area contributed by atoms with E-state index < -0.39 is 20.2 Å². The highest BCUT2D eigenvalue weighted by Crippen LogP contribution is 2.34. The Kier molecular flexibility index (Phi) is 5.23. The van der Waals surface area contributed by atoms with E-state index in [0.29, 0.717) is 36.0 Å². The normalized spacial score (nSPS) is 19.5. The maximum absolute atomic E-state index is 12.8. The second kappa shape index (κ2) is 7.59. The number of nitrogens with zero attached hydrogens (tertiary/aromatic N) is 4. The molecule has 2 aliphatic heterocycles. The number of piperidine rings is 1. The first-order valence-electron chi connectivity index (χ1n) is 8.96. The van der Waals surface area contributed by atoms with Crippen molar-refractivity contribution in [1.29, 1.82) is 0 Å². The highest BCUT2D eigenvalue weighted by Gasteiger charge is 2.46. The fourth-order valence-electron chi connectivity index (χ4n) is 3.56. The molecule has 3 heterocycles. The van der Waals surface area contributed by atoms with Crippen molar-refractivity contribution in [2.24, 2.45) is 4.99 Å². The molecule has 0 radical (unpaired) electrons. The Morgan fingerprint density at radius 2 is 1.87 bits per heavy atom. The van der Waals surface area contributed by atoms with Crippen LogP contribution in [0.3, 0.4) is 0 Å². The van der Waals surface area contributed by atoms with Crippen molar-refractivity contribution in [1.82, 2.24) is 4.98 Å². The van der Waals surface area contributed by atoms with E-state index in [2.05, 4.69) is 9.98 Å². The summed E-state index contributed by atoms with van der Waals surface area (Å²) < 4.78 is 61.4. The van der Waals surface area contributed by atoms with Gasteiger partial charge in [-0.2, -0.15) is 13.2 Å². The molecular formula is C19H16ClF3N4O2S. The van der Waals surface area contributed by atoms with Crippen LogP contribution in [0.2, 0.25) is 5.02 Å². The van der Waals surface area contributed by atoms with Gasteiger partial charge in [-0.1, -0.05) is 11.6 Å². The smallest absolute Gasteiger partial charge is 0.351 e. The Balaban J connectivity index is 1.55. The lowest BCUT2D eigenvalue weighted by molar-refractivity contribution is -0.0436. The quantitative estimate of drug-likeness (QED) is 0.697. The fraction of sp³-hybridized carbons (Fsp3) is 0.263. The van der Waals surface area contributed by atoms with E-state index in [1.807, 2.05) is 9.80 Å². The molecule has 2 aromatic rings. The van der Waals surface area contributed by atoms with Gasteiger partial charge in [-0.3, -0.25) is 0 Å². The molecule has 30 heavy (non-hydrogen) atoms. The number of aromatic nitrogens is 1. The van der Waals surface area contributed by atoms with Gasteiger partial charge in [0.25, 0.3) is 9.84 Å². The topological polar surface area (TPSA) is 65.9 Å². The lowest BCUT2D eigenvalue weighted by Gasteiger charge is -2.41. The Labute approximate surface area is 176 Å². The molecule has 11 heteroatoms. The van der Waals surface area contributed by atoms with Crippen LogP contribution in [0.15, 0.2) is 64.3 Å². The molecule has 1 atom stereocenters. The summed E-state index contributed by atoms with van der Waals surface area (Å²) in [6, 6.07) is 8.12. The number of anilines is 2. The van der Waals surface area contributed by atoms with Crippen LogP contribution in [-0.2, 0) is 9.84 Å². The van der Waals surface area contributed by atoms with Crippen molar-refractivity contribution in [3.8, 4) is 0 Å². The summed E-state index contributed by atoms with van der Waals surface area (Å²) in [5, 5.41) is 0.550. The van der Waals surface area contributed by atoms with Crippen LogP contribution >= 0.6 is 11.6 Å². The fourth-order valence-corrected chi connectivity index (χ4v) is 4.57. The molecule has 0 saturated carbocycles. The maximum atomic E-state index is 12.8.